The Morgan fingerprint density at radius 3 is 2.36 bits per heavy atom. The first-order chi connectivity index (χ1) is 15.9. The molecule has 1 saturated heterocycles. The van der Waals surface area contributed by atoms with Crippen molar-refractivity contribution in [1.29, 1.82) is 0 Å². The molecule has 0 N–H and O–H groups in total. The minimum atomic E-state index is -3.59. The van der Waals surface area contributed by atoms with Crippen LogP contribution in [0.4, 0.5) is 0 Å². The molecular weight excluding hydrogens is 438 g/mol. The van der Waals surface area contributed by atoms with E-state index in [1.54, 1.807) is 17.9 Å². The maximum absolute atomic E-state index is 13.3. The maximum atomic E-state index is 13.3. The molecule has 7 nitrogen and oxygen atoms in total. The van der Waals surface area contributed by atoms with Gasteiger partial charge in [0, 0.05) is 31.7 Å². The van der Waals surface area contributed by atoms with E-state index in [2.05, 4.69) is 5.16 Å². The number of aryl methyl sites for hydroxylation is 3. The predicted molar refractivity (Wildman–Crippen MR) is 124 cm³/mol. The quantitative estimate of drug-likeness (QED) is 0.587. The summed E-state index contributed by atoms with van der Waals surface area (Å²) in [5.41, 5.74) is 4.17. The molecule has 0 unspecified atom stereocenters. The molecule has 2 heterocycles. The highest BCUT2D eigenvalue weighted by Crippen LogP contribution is 2.28. The van der Waals surface area contributed by atoms with Crippen molar-refractivity contribution in [2.24, 2.45) is 0 Å². The fourth-order valence-electron chi connectivity index (χ4n) is 4.73. The predicted octanol–water partition coefficient (Wildman–Crippen LogP) is 3.68. The SMILES string of the molecule is Cc1onc(-c2ccccc2)c1C(=O)N1CCN(S(=O)(=O)c2ccc3c(c2)CCCC3)CC1. The van der Waals surface area contributed by atoms with Crippen LogP contribution in [0.1, 0.15) is 40.1 Å². The lowest BCUT2D eigenvalue weighted by Gasteiger charge is -2.34. The third-order valence-corrected chi connectivity index (χ3v) is 8.50. The van der Waals surface area contributed by atoms with Crippen molar-refractivity contribution in [3.8, 4) is 11.3 Å². The highest BCUT2D eigenvalue weighted by atomic mass is 32.2. The summed E-state index contributed by atoms with van der Waals surface area (Å²) >= 11 is 0. The average Bonchev–Trinajstić information content (AvgIpc) is 3.25. The second kappa shape index (κ2) is 8.76. The van der Waals surface area contributed by atoms with E-state index in [9.17, 15) is 13.2 Å². The molecule has 5 rings (SSSR count). The van der Waals surface area contributed by atoms with Gasteiger partial charge in [-0.25, -0.2) is 8.42 Å². The van der Waals surface area contributed by atoms with E-state index in [1.807, 2.05) is 42.5 Å². The number of aromatic nitrogens is 1. The Hall–Kier alpha value is -2.97. The minimum Gasteiger partial charge on any atom is -0.360 e. The molecule has 2 aliphatic rings. The number of rotatable bonds is 4. The number of carbonyl (C=O) groups is 1. The van der Waals surface area contributed by atoms with Crippen LogP contribution in [0.2, 0.25) is 0 Å². The number of piperazine rings is 1. The zero-order chi connectivity index (χ0) is 23.0. The molecule has 33 heavy (non-hydrogen) atoms. The second-order valence-corrected chi connectivity index (χ2v) is 10.6. The molecule has 1 aromatic heterocycles. The maximum Gasteiger partial charge on any atom is 0.259 e. The van der Waals surface area contributed by atoms with E-state index < -0.39 is 10.0 Å². The number of benzene rings is 2. The molecule has 1 fully saturated rings. The largest absolute Gasteiger partial charge is 0.360 e. The zero-order valence-electron chi connectivity index (χ0n) is 18.7. The third-order valence-electron chi connectivity index (χ3n) is 6.61. The Morgan fingerprint density at radius 1 is 0.939 bits per heavy atom. The molecule has 172 valence electrons. The van der Waals surface area contributed by atoms with Crippen LogP contribution in [0.5, 0.6) is 0 Å². The van der Waals surface area contributed by atoms with Gasteiger partial charge in [-0.2, -0.15) is 4.31 Å². The van der Waals surface area contributed by atoms with Crippen LogP contribution in [-0.4, -0.2) is 54.9 Å². The molecule has 3 aromatic rings. The fraction of sp³-hybridized carbons (Fsp3) is 0.360. The number of hydrogen-bond acceptors (Lipinski definition) is 5. The van der Waals surface area contributed by atoms with Crippen LogP contribution in [0.15, 0.2) is 57.9 Å². The highest BCUT2D eigenvalue weighted by molar-refractivity contribution is 7.89. The summed E-state index contributed by atoms with van der Waals surface area (Å²) < 4.78 is 33.4. The van der Waals surface area contributed by atoms with Gasteiger partial charge >= 0.3 is 0 Å². The van der Waals surface area contributed by atoms with Crippen molar-refractivity contribution in [2.75, 3.05) is 26.2 Å². The Morgan fingerprint density at radius 2 is 1.64 bits per heavy atom. The van der Waals surface area contributed by atoms with Crippen molar-refractivity contribution in [2.45, 2.75) is 37.5 Å². The van der Waals surface area contributed by atoms with E-state index >= 15 is 0 Å². The highest BCUT2D eigenvalue weighted by Gasteiger charge is 2.33. The molecule has 2 aromatic carbocycles. The summed E-state index contributed by atoms with van der Waals surface area (Å²) in [7, 11) is -3.59. The molecular formula is C25H27N3O4S. The zero-order valence-corrected chi connectivity index (χ0v) is 19.5. The van der Waals surface area contributed by atoms with Gasteiger partial charge in [-0.05, 0) is 55.9 Å². The van der Waals surface area contributed by atoms with E-state index in [1.165, 1.54) is 9.87 Å². The molecule has 0 saturated carbocycles. The number of sulfonamides is 1. The van der Waals surface area contributed by atoms with Gasteiger partial charge in [0.25, 0.3) is 5.91 Å². The molecule has 0 bridgehead atoms. The van der Waals surface area contributed by atoms with Gasteiger partial charge in [-0.3, -0.25) is 4.79 Å². The van der Waals surface area contributed by atoms with Crippen LogP contribution in [0.25, 0.3) is 11.3 Å². The van der Waals surface area contributed by atoms with Crippen molar-refractivity contribution >= 4 is 15.9 Å². The number of carbonyl (C=O) groups excluding carboxylic acids is 1. The first kappa shape index (κ1) is 21.9. The Kier molecular flexibility index (Phi) is 5.80. The van der Waals surface area contributed by atoms with Crippen LogP contribution in [0.3, 0.4) is 0 Å². The molecule has 1 aliphatic carbocycles. The number of hydrogen-bond donors (Lipinski definition) is 0. The van der Waals surface area contributed by atoms with Crippen molar-refractivity contribution in [3.63, 3.8) is 0 Å². The van der Waals surface area contributed by atoms with E-state index in [0.717, 1.165) is 36.8 Å². The topological polar surface area (TPSA) is 83.7 Å². The van der Waals surface area contributed by atoms with Crippen molar-refractivity contribution < 1.29 is 17.7 Å². The molecule has 0 radical (unpaired) electrons. The molecule has 1 aliphatic heterocycles. The summed E-state index contributed by atoms with van der Waals surface area (Å²) in [6.45, 7) is 2.89. The molecule has 0 spiro atoms. The molecule has 0 atom stereocenters. The van der Waals surface area contributed by atoms with Crippen molar-refractivity contribution in [3.05, 3.63) is 71.0 Å². The lowest BCUT2D eigenvalue weighted by Crippen LogP contribution is -2.50. The van der Waals surface area contributed by atoms with Crippen molar-refractivity contribution in [1.82, 2.24) is 14.4 Å². The third kappa shape index (κ3) is 4.09. The molecule has 1 amide bonds. The van der Waals surface area contributed by atoms with Gasteiger partial charge in [0.1, 0.15) is 17.0 Å². The Labute approximate surface area is 194 Å². The fourth-order valence-corrected chi connectivity index (χ4v) is 6.20. The number of nitrogens with zero attached hydrogens (tertiary/aromatic N) is 3. The summed E-state index contributed by atoms with van der Waals surface area (Å²) in [4.78, 5) is 15.4. The summed E-state index contributed by atoms with van der Waals surface area (Å²) in [5, 5.41) is 4.10. The van der Waals surface area contributed by atoms with E-state index in [4.69, 9.17) is 4.52 Å². The monoisotopic (exact) mass is 465 g/mol. The average molecular weight is 466 g/mol. The minimum absolute atomic E-state index is 0.182. The first-order valence-electron chi connectivity index (χ1n) is 11.4. The van der Waals surface area contributed by atoms with Crippen LogP contribution in [0, 0.1) is 6.92 Å². The van der Waals surface area contributed by atoms with Gasteiger partial charge < -0.3 is 9.42 Å². The second-order valence-electron chi connectivity index (χ2n) is 8.66. The van der Waals surface area contributed by atoms with Crippen LogP contribution in [-0.2, 0) is 22.9 Å². The van der Waals surface area contributed by atoms with Gasteiger partial charge in [0.2, 0.25) is 10.0 Å². The molecule has 8 heteroatoms. The summed E-state index contributed by atoms with van der Waals surface area (Å²) in [6, 6.07) is 15.0. The van der Waals surface area contributed by atoms with E-state index in [-0.39, 0.29) is 19.0 Å². The first-order valence-corrected chi connectivity index (χ1v) is 12.8. The Bertz CT molecular complexity index is 1280. The van der Waals surface area contributed by atoms with Gasteiger partial charge in [-0.15, -0.1) is 0 Å². The summed E-state index contributed by atoms with van der Waals surface area (Å²) in [5.74, 6) is 0.279. The number of fused-ring (bicyclic) bond motifs is 1. The lowest BCUT2D eigenvalue weighted by atomic mass is 9.92. The normalized spacial score (nSPS) is 17.1. The van der Waals surface area contributed by atoms with E-state index in [0.29, 0.717) is 35.0 Å². The van der Waals surface area contributed by atoms with Gasteiger partial charge in [-0.1, -0.05) is 41.6 Å². The summed E-state index contributed by atoms with van der Waals surface area (Å²) in [6.07, 6.45) is 4.21. The van der Waals surface area contributed by atoms with Gasteiger partial charge in [0.05, 0.1) is 4.90 Å². The van der Waals surface area contributed by atoms with Crippen LogP contribution >= 0.6 is 0 Å². The smallest absolute Gasteiger partial charge is 0.259 e. The number of amides is 1. The Balaban J connectivity index is 1.32. The standard InChI is InChI=1S/C25H27N3O4S/c1-18-23(24(26-32-18)20-8-3-2-4-9-20)25(29)27-13-15-28(16-14-27)33(30,31)22-12-11-19-7-5-6-10-21(19)17-22/h2-4,8-9,11-12,17H,5-7,10,13-16H2,1H3. The van der Waals surface area contributed by atoms with Gasteiger partial charge in [0.15, 0.2) is 0 Å². The van der Waals surface area contributed by atoms with Crippen LogP contribution < -0.4 is 0 Å². The lowest BCUT2D eigenvalue weighted by molar-refractivity contribution is 0.0696.